The number of aliphatic hydroxyl groups is 1. The Kier molecular flexibility index (Phi) is 3.62. The van der Waals surface area contributed by atoms with Crippen LogP contribution in [0.1, 0.15) is 38.2 Å². The van der Waals surface area contributed by atoms with E-state index in [1.165, 1.54) is 0 Å². The van der Waals surface area contributed by atoms with Crippen molar-refractivity contribution in [1.82, 2.24) is 0 Å². The lowest BCUT2D eigenvalue weighted by Crippen LogP contribution is -2.20. The smallest absolute Gasteiger partial charge is 0.162 e. The number of hydrogen-bond acceptors (Lipinski definition) is 2. The predicted octanol–water partition coefficient (Wildman–Crippen LogP) is 3.73. The molecule has 1 N–H and O–H groups in total. The zero-order chi connectivity index (χ0) is 12.3. The highest BCUT2D eigenvalue weighted by Gasteiger charge is 2.28. The summed E-state index contributed by atoms with van der Waals surface area (Å²) in [6.07, 6.45) is 3.44. The van der Waals surface area contributed by atoms with Crippen molar-refractivity contribution in [2.45, 2.75) is 32.6 Å². The van der Waals surface area contributed by atoms with Gasteiger partial charge in [0.05, 0.1) is 0 Å². The lowest BCUT2D eigenvalue weighted by molar-refractivity contribution is -0.117. The molecule has 1 aliphatic rings. The minimum atomic E-state index is 0.115. The van der Waals surface area contributed by atoms with Crippen molar-refractivity contribution in [3.05, 3.63) is 41.5 Å². The number of allylic oxidation sites excluding steroid dienone is 1. The van der Waals surface area contributed by atoms with E-state index in [1.54, 1.807) is 0 Å². The summed E-state index contributed by atoms with van der Waals surface area (Å²) >= 11 is 0. The summed E-state index contributed by atoms with van der Waals surface area (Å²) in [6.45, 7) is 2.07. The van der Waals surface area contributed by atoms with Crippen molar-refractivity contribution in [3.8, 4) is 0 Å². The van der Waals surface area contributed by atoms with Crippen LogP contribution in [-0.4, -0.2) is 10.9 Å². The predicted molar refractivity (Wildman–Crippen MR) is 68.6 cm³/mol. The maximum Gasteiger partial charge on any atom is 0.162 e. The van der Waals surface area contributed by atoms with Gasteiger partial charge in [0, 0.05) is 17.6 Å². The quantitative estimate of drug-likeness (QED) is 0.620. The second kappa shape index (κ2) is 5.17. The second-order valence-corrected chi connectivity index (χ2v) is 4.55. The molecule has 0 amide bonds. The van der Waals surface area contributed by atoms with E-state index in [0.717, 1.165) is 24.8 Å². The summed E-state index contributed by atoms with van der Waals surface area (Å²) < 4.78 is 0. The van der Waals surface area contributed by atoms with Crippen molar-refractivity contribution >= 4 is 11.5 Å². The molecule has 0 radical (unpaired) electrons. The van der Waals surface area contributed by atoms with Gasteiger partial charge in [0.2, 0.25) is 0 Å². The molecule has 2 nitrogen and oxygen atoms in total. The average Bonchev–Trinajstić information content (AvgIpc) is 2.38. The SMILES string of the molecule is CC[C@H]1CCCC(=O)/C1=C(\O)c1ccccc1. The molecule has 0 unspecified atom stereocenters. The van der Waals surface area contributed by atoms with Crippen LogP contribution in [0.5, 0.6) is 0 Å². The fourth-order valence-corrected chi connectivity index (χ4v) is 2.50. The molecule has 1 atom stereocenters. The molecule has 2 heteroatoms. The van der Waals surface area contributed by atoms with Crippen molar-refractivity contribution < 1.29 is 9.90 Å². The normalized spacial score (nSPS) is 23.6. The first kappa shape index (κ1) is 11.9. The second-order valence-electron chi connectivity index (χ2n) is 4.55. The van der Waals surface area contributed by atoms with Gasteiger partial charge in [-0.15, -0.1) is 0 Å². The number of ketones is 1. The maximum atomic E-state index is 12.0. The fourth-order valence-electron chi connectivity index (χ4n) is 2.50. The maximum absolute atomic E-state index is 12.0. The summed E-state index contributed by atoms with van der Waals surface area (Å²) in [5.41, 5.74) is 1.39. The van der Waals surface area contributed by atoms with Crippen molar-refractivity contribution in [2.75, 3.05) is 0 Å². The van der Waals surface area contributed by atoms with E-state index in [2.05, 4.69) is 6.92 Å². The number of aliphatic hydroxyl groups excluding tert-OH is 1. The van der Waals surface area contributed by atoms with Crippen LogP contribution in [0, 0.1) is 5.92 Å². The third-order valence-electron chi connectivity index (χ3n) is 3.46. The average molecular weight is 230 g/mol. The monoisotopic (exact) mass is 230 g/mol. The van der Waals surface area contributed by atoms with Crippen molar-refractivity contribution in [3.63, 3.8) is 0 Å². The summed E-state index contributed by atoms with van der Waals surface area (Å²) in [6, 6.07) is 9.34. The molecule has 1 saturated carbocycles. The Morgan fingerprint density at radius 2 is 2.06 bits per heavy atom. The Morgan fingerprint density at radius 3 is 2.71 bits per heavy atom. The van der Waals surface area contributed by atoms with E-state index in [-0.39, 0.29) is 17.5 Å². The first-order valence-corrected chi connectivity index (χ1v) is 6.25. The first-order chi connectivity index (χ1) is 8.24. The number of benzene rings is 1. The molecule has 17 heavy (non-hydrogen) atoms. The highest BCUT2D eigenvalue weighted by atomic mass is 16.3. The number of hydrogen-bond donors (Lipinski definition) is 1. The fraction of sp³-hybridized carbons (Fsp3) is 0.400. The standard InChI is InChI=1S/C15H18O2/c1-2-11-9-6-10-13(16)14(11)15(17)12-7-4-3-5-8-12/h3-5,7-8,11,17H,2,6,9-10H2,1H3/b15-14-/t11-/m0/s1. The highest BCUT2D eigenvalue weighted by Crippen LogP contribution is 2.33. The molecule has 0 aromatic heterocycles. The van der Waals surface area contributed by atoms with Crippen LogP contribution < -0.4 is 0 Å². The summed E-state index contributed by atoms with van der Waals surface area (Å²) in [4.78, 5) is 12.0. The van der Waals surface area contributed by atoms with Gasteiger partial charge in [-0.2, -0.15) is 0 Å². The molecule has 0 heterocycles. The van der Waals surface area contributed by atoms with E-state index >= 15 is 0 Å². The van der Waals surface area contributed by atoms with Crippen LogP contribution in [-0.2, 0) is 4.79 Å². The first-order valence-electron chi connectivity index (χ1n) is 6.25. The van der Waals surface area contributed by atoms with Crippen LogP contribution in [0.15, 0.2) is 35.9 Å². The van der Waals surface area contributed by atoms with E-state index in [9.17, 15) is 9.90 Å². The zero-order valence-corrected chi connectivity index (χ0v) is 10.1. The van der Waals surface area contributed by atoms with Gasteiger partial charge in [-0.3, -0.25) is 4.79 Å². The molecule has 1 fully saturated rings. The van der Waals surface area contributed by atoms with Crippen LogP contribution >= 0.6 is 0 Å². The Bertz CT molecular complexity index is 431. The van der Waals surface area contributed by atoms with Gasteiger partial charge < -0.3 is 5.11 Å². The lowest BCUT2D eigenvalue weighted by atomic mass is 9.80. The van der Waals surface area contributed by atoms with Gasteiger partial charge in [-0.25, -0.2) is 0 Å². The van der Waals surface area contributed by atoms with Gasteiger partial charge >= 0.3 is 0 Å². The van der Waals surface area contributed by atoms with Gasteiger partial charge in [-0.05, 0) is 25.2 Å². The molecule has 2 rings (SSSR count). The van der Waals surface area contributed by atoms with Crippen LogP contribution in [0.25, 0.3) is 5.76 Å². The van der Waals surface area contributed by atoms with Crippen LogP contribution in [0.2, 0.25) is 0 Å². The zero-order valence-electron chi connectivity index (χ0n) is 10.1. The van der Waals surface area contributed by atoms with Crippen LogP contribution in [0.3, 0.4) is 0 Å². The topological polar surface area (TPSA) is 37.3 Å². The molecule has 1 aromatic rings. The molecular weight excluding hydrogens is 212 g/mol. The Labute approximate surface area is 102 Å². The third-order valence-corrected chi connectivity index (χ3v) is 3.46. The van der Waals surface area contributed by atoms with Crippen LogP contribution in [0.4, 0.5) is 0 Å². The molecule has 90 valence electrons. The molecule has 1 aliphatic carbocycles. The number of rotatable bonds is 2. The van der Waals surface area contributed by atoms with E-state index in [1.807, 2.05) is 30.3 Å². The minimum absolute atomic E-state index is 0.115. The molecule has 0 aliphatic heterocycles. The molecule has 1 aromatic carbocycles. The van der Waals surface area contributed by atoms with E-state index < -0.39 is 0 Å². The molecule has 0 saturated heterocycles. The Hall–Kier alpha value is -1.57. The largest absolute Gasteiger partial charge is 0.507 e. The van der Waals surface area contributed by atoms with Gasteiger partial charge in [0.15, 0.2) is 5.78 Å². The summed E-state index contributed by atoms with van der Waals surface area (Å²) in [5, 5.41) is 10.3. The summed E-state index contributed by atoms with van der Waals surface area (Å²) in [5.74, 6) is 0.517. The van der Waals surface area contributed by atoms with Gasteiger partial charge in [-0.1, -0.05) is 37.3 Å². The third kappa shape index (κ3) is 2.41. The summed E-state index contributed by atoms with van der Waals surface area (Å²) in [7, 11) is 0. The number of carbonyl (C=O) groups excluding carboxylic acids is 1. The number of Topliss-reactive ketones (excluding diaryl/α,β-unsaturated/α-hetero) is 1. The molecule has 0 bridgehead atoms. The van der Waals surface area contributed by atoms with Gasteiger partial charge in [0.1, 0.15) is 5.76 Å². The lowest BCUT2D eigenvalue weighted by Gasteiger charge is -2.24. The molecule has 0 spiro atoms. The Morgan fingerprint density at radius 1 is 1.35 bits per heavy atom. The van der Waals surface area contributed by atoms with Crippen molar-refractivity contribution in [2.24, 2.45) is 5.92 Å². The minimum Gasteiger partial charge on any atom is -0.507 e. The van der Waals surface area contributed by atoms with Gasteiger partial charge in [0.25, 0.3) is 0 Å². The molecular formula is C15H18O2. The van der Waals surface area contributed by atoms with Crippen molar-refractivity contribution in [1.29, 1.82) is 0 Å². The number of carbonyl (C=O) groups is 1. The van der Waals surface area contributed by atoms with E-state index in [0.29, 0.717) is 12.0 Å². The van der Waals surface area contributed by atoms with E-state index in [4.69, 9.17) is 0 Å². The Balaban J connectivity index is 2.43. The highest BCUT2D eigenvalue weighted by molar-refractivity contribution is 6.02.